The largest absolute Gasteiger partial charge is 0.398 e. The lowest BCUT2D eigenvalue weighted by Gasteiger charge is -2.09. The fraction of sp³-hybridized carbons (Fsp3) is 0.133. The second kappa shape index (κ2) is 5.88. The number of amides is 1. The Morgan fingerprint density at radius 3 is 2.60 bits per heavy atom. The van der Waals surface area contributed by atoms with Crippen molar-refractivity contribution in [3.8, 4) is 0 Å². The predicted octanol–water partition coefficient (Wildman–Crippen LogP) is 1.98. The number of primary amides is 1. The lowest BCUT2D eigenvalue weighted by atomic mass is 10.1. The van der Waals surface area contributed by atoms with Crippen LogP contribution in [0.1, 0.15) is 21.5 Å². The van der Waals surface area contributed by atoms with Crippen molar-refractivity contribution in [2.24, 2.45) is 5.73 Å². The van der Waals surface area contributed by atoms with Crippen LogP contribution in [-0.2, 0) is 16.6 Å². The van der Waals surface area contributed by atoms with Gasteiger partial charge < -0.3 is 11.5 Å². The minimum Gasteiger partial charge on any atom is -0.398 e. The number of nitrogens with two attached hydrogens (primary N) is 2. The number of carbonyl (C=O) groups is 1. The van der Waals surface area contributed by atoms with Gasteiger partial charge in [0.2, 0.25) is 5.91 Å². The molecule has 0 aliphatic heterocycles. The third kappa shape index (κ3) is 3.05. The summed E-state index contributed by atoms with van der Waals surface area (Å²) in [6.07, 6.45) is 0. The van der Waals surface area contributed by atoms with Gasteiger partial charge in [-0.25, -0.2) is 0 Å². The molecule has 1 amide bonds. The molecule has 1 atom stereocenters. The van der Waals surface area contributed by atoms with E-state index in [1.165, 1.54) is 0 Å². The van der Waals surface area contributed by atoms with Crippen molar-refractivity contribution < 1.29 is 9.00 Å². The van der Waals surface area contributed by atoms with E-state index in [1.54, 1.807) is 36.4 Å². The van der Waals surface area contributed by atoms with Crippen LogP contribution in [0.4, 0.5) is 5.69 Å². The highest BCUT2D eigenvalue weighted by Crippen LogP contribution is 2.21. The number of carbonyl (C=O) groups excluding carboxylic acids is 1. The molecule has 2 aromatic carbocycles. The molecule has 2 rings (SSSR count). The van der Waals surface area contributed by atoms with Crippen LogP contribution in [0.15, 0.2) is 47.4 Å². The molecule has 0 bridgehead atoms. The average Bonchev–Trinajstić information content (AvgIpc) is 2.41. The molecular formula is C15H16N2O2S. The van der Waals surface area contributed by atoms with Gasteiger partial charge in [0.15, 0.2) is 0 Å². The number of benzene rings is 2. The molecule has 0 saturated heterocycles. The molecule has 0 heterocycles. The Balaban J connectivity index is 2.33. The van der Waals surface area contributed by atoms with Crippen LogP contribution >= 0.6 is 0 Å². The minimum absolute atomic E-state index is 0.215. The molecule has 1 unspecified atom stereocenters. The van der Waals surface area contributed by atoms with E-state index in [2.05, 4.69) is 0 Å². The van der Waals surface area contributed by atoms with Crippen molar-refractivity contribution in [3.63, 3.8) is 0 Å². The summed E-state index contributed by atoms with van der Waals surface area (Å²) in [5.41, 5.74) is 13.7. The van der Waals surface area contributed by atoms with Gasteiger partial charge in [0.1, 0.15) is 0 Å². The molecule has 0 radical (unpaired) electrons. The maximum atomic E-state index is 12.4. The van der Waals surface area contributed by atoms with Crippen molar-refractivity contribution in [1.29, 1.82) is 0 Å². The number of rotatable bonds is 4. The Bertz CT molecular complexity index is 683. The monoisotopic (exact) mass is 288 g/mol. The Morgan fingerprint density at radius 1 is 1.20 bits per heavy atom. The van der Waals surface area contributed by atoms with Crippen molar-refractivity contribution >= 4 is 22.4 Å². The quantitative estimate of drug-likeness (QED) is 0.843. The number of hydrogen-bond donors (Lipinski definition) is 2. The molecule has 104 valence electrons. The summed E-state index contributed by atoms with van der Waals surface area (Å²) in [7, 11) is -1.32. The van der Waals surface area contributed by atoms with E-state index >= 15 is 0 Å². The molecule has 0 aliphatic rings. The molecular weight excluding hydrogens is 272 g/mol. The zero-order valence-corrected chi connectivity index (χ0v) is 11.9. The molecule has 0 spiro atoms. The first-order valence-electron chi connectivity index (χ1n) is 6.11. The Kier molecular flexibility index (Phi) is 4.20. The summed E-state index contributed by atoms with van der Waals surface area (Å²) in [6, 6.07) is 12.3. The van der Waals surface area contributed by atoms with Crippen LogP contribution in [0, 0.1) is 6.92 Å². The SMILES string of the molecule is Cc1ccc(N)c(S(=O)Cc2ccccc2C(N)=O)c1. The fourth-order valence-electron chi connectivity index (χ4n) is 1.94. The van der Waals surface area contributed by atoms with Crippen LogP contribution in [0.2, 0.25) is 0 Å². The van der Waals surface area contributed by atoms with Crippen LogP contribution in [0.5, 0.6) is 0 Å². The highest BCUT2D eigenvalue weighted by molar-refractivity contribution is 7.84. The van der Waals surface area contributed by atoms with Crippen molar-refractivity contribution in [2.75, 3.05) is 5.73 Å². The van der Waals surface area contributed by atoms with Crippen molar-refractivity contribution in [1.82, 2.24) is 0 Å². The molecule has 4 nitrogen and oxygen atoms in total. The van der Waals surface area contributed by atoms with Crippen molar-refractivity contribution in [2.45, 2.75) is 17.6 Å². The maximum absolute atomic E-state index is 12.4. The Hall–Kier alpha value is -2.14. The van der Waals surface area contributed by atoms with E-state index < -0.39 is 16.7 Å². The standard InChI is InChI=1S/C15H16N2O2S/c1-10-6-7-13(16)14(8-10)20(19)9-11-4-2-3-5-12(11)15(17)18/h2-8H,9,16H2,1H3,(H2,17,18). The third-order valence-corrected chi connectivity index (χ3v) is 4.40. The van der Waals surface area contributed by atoms with E-state index in [0.29, 0.717) is 21.7 Å². The number of nitrogen functional groups attached to an aromatic ring is 1. The van der Waals surface area contributed by atoms with Gasteiger partial charge in [-0.15, -0.1) is 0 Å². The van der Waals surface area contributed by atoms with Crippen LogP contribution in [0.25, 0.3) is 0 Å². The average molecular weight is 288 g/mol. The first-order chi connectivity index (χ1) is 9.49. The van der Waals surface area contributed by atoms with Gasteiger partial charge in [-0.1, -0.05) is 24.3 Å². The van der Waals surface area contributed by atoms with Gasteiger partial charge in [-0.3, -0.25) is 9.00 Å². The van der Waals surface area contributed by atoms with E-state index in [1.807, 2.05) is 13.0 Å². The first-order valence-corrected chi connectivity index (χ1v) is 7.43. The lowest BCUT2D eigenvalue weighted by molar-refractivity contribution is 0.0999. The normalized spacial score (nSPS) is 12.1. The highest BCUT2D eigenvalue weighted by Gasteiger charge is 2.13. The molecule has 2 aromatic rings. The molecule has 4 N–H and O–H groups in total. The second-order valence-corrected chi connectivity index (χ2v) is 5.97. The predicted molar refractivity (Wildman–Crippen MR) is 80.7 cm³/mol. The van der Waals surface area contributed by atoms with Gasteiger partial charge >= 0.3 is 0 Å². The van der Waals surface area contributed by atoms with Crippen LogP contribution in [0.3, 0.4) is 0 Å². The number of anilines is 1. The zero-order chi connectivity index (χ0) is 14.7. The first kappa shape index (κ1) is 14.3. The summed E-state index contributed by atoms with van der Waals surface area (Å²) in [4.78, 5) is 11.9. The number of hydrogen-bond acceptors (Lipinski definition) is 3. The highest BCUT2D eigenvalue weighted by atomic mass is 32.2. The second-order valence-electron chi connectivity index (χ2n) is 4.55. The molecule has 0 aliphatic carbocycles. The minimum atomic E-state index is -1.32. The number of aryl methyl sites for hydroxylation is 1. The topological polar surface area (TPSA) is 86.2 Å². The van der Waals surface area contributed by atoms with Gasteiger partial charge in [0.25, 0.3) is 0 Å². The Labute approximate surface area is 120 Å². The van der Waals surface area contributed by atoms with Gasteiger partial charge in [-0.05, 0) is 36.2 Å². The van der Waals surface area contributed by atoms with E-state index in [9.17, 15) is 9.00 Å². The summed E-state index contributed by atoms with van der Waals surface area (Å²) in [6.45, 7) is 1.91. The van der Waals surface area contributed by atoms with E-state index in [4.69, 9.17) is 11.5 Å². The zero-order valence-electron chi connectivity index (χ0n) is 11.1. The van der Waals surface area contributed by atoms with Crippen molar-refractivity contribution in [3.05, 3.63) is 59.2 Å². The van der Waals surface area contributed by atoms with Gasteiger partial charge in [0.05, 0.1) is 21.4 Å². The Morgan fingerprint density at radius 2 is 1.90 bits per heavy atom. The summed E-state index contributed by atoms with van der Waals surface area (Å²) >= 11 is 0. The van der Waals surface area contributed by atoms with E-state index in [0.717, 1.165) is 5.56 Å². The fourth-order valence-corrected chi connectivity index (χ4v) is 3.28. The summed E-state index contributed by atoms with van der Waals surface area (Å²) in [5, 5.41) is 0. The van der Waals surface area contributed by atoms with Gasteiger partial charge in [-0.2, -0.15) is 0 Å². The molecule has 0 fully saturated rings. The smallest absolute Gasteiger partial charge is 0.249 e. The van der Waals surface area contributed by atoms with E-state index in [-0.39, 0.29) is 5.75 Å². The summed E-state index contributed by atoms with van der Waals surface area (Å²) in [5.74, 6) is -0.304. The molecule has 0 aromatic heterocycles. The summed E-state index contributed by atoms with van der Waals surface area (Å²) < 4.78 is 12.4. The van der Waals surface area contributed by atoms with Crippen LogP contribution in [-0.4, -0.2) is 10.1 Å². The lowest BCUT2D eigenvalue weighted by Crippen LogP contribution is -2.14. The maximum Gasteiger partial charge on any atom is 0.249 e. The van der Waals surface area contributed by atoms with Gasteiger partial charge in [0, 0.05) is 11.3 Å². The molecule has 5 heteroatoms. The third-order valence-electron chi connectivity index (χ3n) is 2.98. The molecule has 0 saturated carbocycles. The molecule has 20 heavy (non-hydrogen) atoms. The van der Waals surface area contributed by atoms with Crippen LogP contribution < -0.4 is 11.5 Å².